The standard InChI is InChI=1S/C17H20FNO/c1-11-7-12(2)9-15(8-11)19(4)13(3)16-10-14(18)5-6-17(16)20/h5-10,13,20H,1-4H3. The van der Waals surface area contributed by atoms with Crippen LogP contribution in [0.15, 0.2) is 36.4 Å². The molecule has 2 aromatic carbocycles. The molecule has 2 aromatic rings. The lowest BCUT2D eigenvalue weighted by molar-refractivity contribution is 0.459. The van der Waals surface area contributed by atoms with Crippen molar-refractivity contribution in [3.05, 3.63) is 58.9 Å². The van der Waals surface area contributed by atoms with Crippen molar-refractivity contribution in [3.63, 3.8) is 0 Å². The molecule has 0 aliphatic rings. The van der Waals surface area contributed by atoms with Crippen LogP contribution in [-0.4, -0.2) is 12.2 Å². The molecule has 0 saturated heterocycles. The van der Waals surface area contributed by atoms with Crippen LogP contribution in [0, 0.1) is 19.7 Å². The SMILES string of the molecule is Cc1cc(C)cc(N(C)C(C)c2cc(F)ccc2O)c1. The number of halogens is 1. The Labute approximate surface area is 119 Å². The highest BCUT2D eigenvalue weighted by atomic mass is 19.1. The van der Waals surface area contributed by atoms with Gasteiger partial charge in [-0.3, -0.25) is 0 Å². The second kappa shape index (κ2) is 5.53. The highest BCUT2D eigenvalue weighted by Gasteiger charge is 2.17. The largest absolute Gasteiger partial charge is 0.508 e. The zero-order valence-electron chi connectivity index (χ0n) is 12.3. The number of nitrogens with zero attached hydrogens (tertiary/aromatic N) is 1. The van der Waals surface area contributed by atoms with Crippen molar-refractivity contribution < 1.29 is 9.50 Å². The van der Waals surface area contributed by atoms with E-state index in [9.17, 15) is 9.50 Å². The lowest BCUT2D eigenvalue weighted by Crippen LogP contribution is -2.22. The predicted octanol–water partition coefficient (Wildman–Crippen LogP) is 4.35. The summed E-state index contributed by atoms with van der Waals surface area (Å²) in [7, 11) is 1.95. The van der Waals surface area contributed by atoms with E-state index in [1.54, 1.807) is 0 Å². The van der Waals surface area contributed by atoms with Crippen LogP contribution in [0.3, 0.4) is 0 Å². The van der Waals surface area contributed by atoms with Crippen molar-refractivity contribution in [1.82, 2.24) is 0 Å². The number of aryl methyl sites for hydroxylation is 2. The highest BCUT2D eigenvalue weighted by molar-refractivity contribution is 5.53. The second-order valence-corrected chi connectivity index (χ2v) is 5.34. The van der Waals surface area contributed by atoms with Crippen LogP contribution in [0.1, 0.15) is 29.7 Å². The zero-order valence-corrected chi connectivity index (χ0v) is 12.3. The van der Waals surface area contributed by atoms with Gasteiger partial charge in [-0.1, -0.05) is 6.07 Å². The van der Waals surface area contributed by atoms with Gasteiger partial charge in [0.05, 0.1) is 6.04 Å². The van der Waals surface area contributed by atoms with Crippen molar-refractivity contribution in [3.8, 4) is 5.75 Å². The normalized spacial score (nSPS) is 12.2. The minimum Gasteiger partial charge on any atom is -0.508 e. The number of hydrogen-bond acceptors (Lipinski definition) is 2. The summed E-state index contributed by atoms with van der Waals surface area (Å²) in [5.41, 5.74) is 4.01. The molecule has 0 spiro atoms. The molecule has 106 valence electrons. The molecule has 0 radical (unpaired) electrons. The van der Waals surface area contributed by atoms with E-state index in [1.165, 1.54) is 29.3 Å². The quantitative estimate of drug-likeness (QED) is 0.899. The molecule has 0 heterocycles. The fourth-order valence-corrected chi connectivity index (χ4v) is 2.45. The molecule has 2 nitrogen and oxygen atoms in total. The van der Waals surface area contributed by atoms with Crippen molar-refractivity contribution in [2.75, 3.05) is 11.9 Å². The number of phenolic OH excluding ortho intramolecular Hbond substituents is 1. The van der Waals surface area contributed by atoms with Crippen molar-refractivity contribution in [2.24, 2.45) is 0 Å². The summed E-state index contributed by atoms with van der Waals surface area (Å²) in [6.45, 7) is 6.05. The third-order valence-corrected chi connectivity index (χ3v) is 3.63. The van der Waals surface area contributed by atoms with E-state index >= 15 is 0 Å². The van der Waals surface area contributed by atoms with Gasteiger partial charge in [-0.25, -0.2) is 4.39 Å². The first-order chi connectivity index (χ1) is 9.38. The molecule has 0 aliphatic carbocycles. The van der Waals surface area contributed by atoms with Gasteiger partial charge in [0.15, 0.2) is 0 Å². The molecule has 20 heavy (non-hydrogen) atoms. The van der Waals surface area contributed by atoms with Crippen LogP contribution in [0.2, 0.25) is 0 Å². The molecule has 0 aliphatic heterocycles. The van der Waals surface area contributed by atoms with Gasteiger partial charge in [0.2, 0.25) is 0 Å². The summed E-state index contributed by atoms with van der Waals surface area (Å²) < 4.78 is 13.4. The maximum absolute atomic E-state index is 13.4. The smallest absolute Gasteiger partial charge is 0.123 e. The topological polar surface area (TPSA) is 23.5 Å². The van der Waals surface area contributed by atoms with Gasteiger partial charge in [-0.05, 0) is 62.2 Å². The van der Waals surface area contributed by atoms with Crippen molar-refractivity contribution in [1.29, 1.82) is 0 Å². The van der Waals surface area contributed by atoms with Crippen LogP contribution in [0.5, 0.6) is 5.75 Å². The second-order valence-electron chi connectivity index (χ2n) is 5.34. The van der Waals surface area contributed by atoms with E-state index in [2.05, 4.69) is 32.0 Å². The van der Waals surface area contributed by atoms with Crippen molar-refractivity contribution in [2.45, 2.75) is 26.8 Å². The highest BCUT2D eigenvalue weighted by Crippen LogP contribution is 2.32. The molecular formula is C17H20FNO. The molecular weight excluding hydrogens is 253 g/mol. The Morgan fingerprint density at radius 1 is 1.05 bits per heavy atom. The van der Waals surface area contributed by atoms with Crippen LogP contribution >= 0.6 is 0 Å². The number of benzene rings is 2. The van der Waals surface area contributed by atoms with Gasteiger partial charge < -0.3 is 10.0 Å². The number of aromatic hydroxyl groups is 1. The molecule has 0 aromatic heterocycles. The lowest BCUT2D eigenvalue weighted by Gasteiger charge is -2.28. The summed E-state index contributed by atoms with van der Waals surface area (Å²) in [6.07, 6.45) is 0. The summed E-state index contributed by atoms with van der Waals surface area (Å²) in [6, 6.07) is 10.2. The Kier molecular flexibility index (Phi) is 3.98. The first-order valence-corrected chi connectivity index (χ1v) is 6.68. The Hall–Kier alpha value is -2.03. The van der Waals surface area contributed by atoms with Gasteiger partial charge in [-0.2, -0.15) is 0 Å². The van der Waals surface area contributed by atoms with E-state index in [-0.39, 0.29) is 17.6 Å². The van der Waals surface area contributed by atoms with Gasteiger partial charge >= 0.3 is 0 Å². The number of hydrogen-bond donors (Lipinski definition) is 1. The molecule has 3 heteroatoms. The fraction of sp³-hybridized carbons (Fsp3) is 0.294. The van der Waals surface area contributed by atoms with E-state index in [1.807, 2.05) is 18.9 Å². The van der Waals surface area contributed by atoms with Crippen LogP contribution in [0.25, 0.3) is 0 Å². The first kappa shape index (κ1) is 14.4. The molecule has 0 saturated carbocycles. The molecule has 2 rings (SSSR count). The Morgan fingerprint density at radius 2 is 1.65 bits per heavy atom. The third-order valence-electron chi connectivity index (χ3n) is 3.63. The summed E-state index contributed by atoms with van der Waals surface area (Å²) in [4.78, 5) is 2.04. The fourth-order valence-electron chi connectivity index (χ4n) is 2.45. The lowest BCUT2D eigenvalue weighted by atomic mass is 10.0. The molecule has 0 bridgehead atoms. The summed E-state index contributed by atoms with van der Waals surface area (Å²) in [5.74, 6) is -0.214. The van der Waals surface area contributed by atoms with Crippen LogP contribution in [0.4, 0.5) is 10.1 Å². The third kappa shape index (κ3) is 2.93. The maximum Gasteiger partial charge on any atom is 0.123 e. The van der Waals surface area contributed by atoms with E-state index in [0.717, 1.165) is 5.69 Å². The molecule has 1 atom stereocenters. The monoisotopic (exact) mass is 273 g/mol. The van der Waals surface area contributed by atoms with Gasteiger partial charge in [0, 0.05) is 18.3 Å². The maximum atomic E-state index is 13.4. The summed E-state index contributed by atoms with van der Waals surface area (Å²) >= 11 is 0. The van der Waals surface area contributed by atoms with Gasteiger partial charge in [0.25, 0.3) is 0 Å². The van der Waals surface area contributed by atoms with E-state index in [4.69, 9.17) is 0 Å². The van der Waals surface area contributed by atoms with Crippen LogP contribution in [-0.2, 0) is 0 Å². The first-order valence-electron chi connectivity index (χ1n) is 6.68. The van der Waals surface area contributed by atoms with E-state index in [0.29, 0.717) is 5.56 Å². The van der Waals surface area contributed by atoms with Gasteiger partial charge in [-0.15, -0.1) is 0 Å². The number of anilines is 1. The zero-order chi connectivity index (χ0) is 14.9. The van der Waals surface area contributed by atoms with Crippen molar-refractivity contribution >= 4 is 5.69 Å². The van der Waals surface area contributed by atoms with Gasteiger partial charge in [0.1, 0.15) is 11.6 Å². The molecule has 1 N–H and O–H groups in total. The molecule has 0 amide bonds. The predicted molar refractivity (Wildman–Crippen MR) is 80.8 cm³/mol. The summed E-state index contributed by atoms with van der Waals surface area (Å²) in [5, 5.41) is 9.92. The average molecular weight is 273 g/mol. The minimum atomic E-state index is -0.335. The number of rotatable bonds is 3. The van der Waals surface area contributed by atoms with Crippen LogP contribution < -0.4 is 4.90 Å². The average Bonchev–Trinajstić information content (AvgIpc) is 2.38. The van der Waals surface area contributed by atoms with E-state index < -0.39 is 0 Å². The molecule has 1 unspecified atom stereocenters. The Balaban J connectivity index is 2.36. The Bertz CT molecular complexity index is 604. The minimum absolute atomic E-state index is 0.119. The number of phenols is 1. The Morgan fingerprint density at radius 3 is 2.25 bits per heavy atom. The molecule has 0 fully saturated rings.